The van der Waals surface area contributed by atoms with Crippen molar-refractivity contribution in [3.8, 4) is 27.9 Å². The number of benzene rings is 9. The second-order valence-corrected chi connectivity index (χ2v) is 16.2. The Morgan fingerprint density at radius 2 is 1.07 bits per heavy atom. The van der Waals surface area contributed by atoms with Gasteiger partial charge >= 0.3 is 0 Å². The van der Waals surface area contributed by atoms with Gasteiger partial charge < -0.3 is 4.57 Å². The predicted octanol–water partition coefficient (Wildman–Crippen LogP) is 15.4. The zero-order chi connectivity index (χ0) is 37.7. The van der Waals surface area contributed by atoms with Crippen molar-refractivity contribution in [1.82, 2.24) is 4.57 Å². The third-order valence-electron chi connectivity index (χ3n) is 11.9. The van der Waals surface area contributed by atoms with Gasteiger partial charge in [-0.15, -0.1) is 11.3 Å². The molecule has 0 radical (unpaired) electrons. The van der Waals surface area contributed by atoms with Gasteiger partial charge in [-0.3, -0.25) is 0 Å². The molecule has 0 saturated heterocycles. The molecule has 9 aromatic carbocycles. The number of hydrogen-bond acceptors (Lipinski definition) is 1. The summed E-state index contributed by atoms with van der Waals surface area (Å²) in [5.74, 6) is 0.285. The van der Waals surface area contributed by atoms with Crippen LogP contribution in [0.1, 0.15) is 29.0 Å². The lowest BCUT2D eigenvalue weighted by molar-refractivity contribution is 0.718. The number of nitrogens with zero attached hydrogens (tertiary/aromatic N) is 1. The molecule has 2 aromatic heterocycles. The van der Waals surface area contributed by atoms with E-state index in [4.69, 9.17) is 0 Å². The van der Waals surface area contributed by atoms with E-state index in [0.29, 0.717) is 0 Å². The minimum Gasteiger partial charge on any atom is -0.309 e. The van der Waals surface area contributed by atoms with E-state index >= 15 is 0 Å². The number of para-hydroxylation sites is 1. The Kier molecular flexibility index (Phi) is 8.30. The molecule has 1 nitrogen and oxygen atoms in total. The van der Waals surface area contributed by atoms with Gasteiger partial charge in [0.2, 0.25) is 0 Å². The van der Waals surface area contributed by atoms with E-state index in [1.807, 2.05) is 11.3 Å². The van der Waals surface area contributed by atoms with Gasteiger partial charge in [0.1, 0.15) is 0 Å². The molecular weight excluding hydrogens is 707 g/mol. The number of rotatable bonds is 8. The topological polar surface area (TPSA) is 4.93 Å². The maximum Gasteiger partial charge on any atom is 0.0541 e. The van der Waals surface area contributed by atoms with Crippen molar-refractivity contribution in [2.24, 2.45) is 0 Å². The largest absolute Gasteiger partial charge is 0.309 e. The summed E-state index contributed by atoms with van der Waals surface area (Å²) >= 11 is 1.90. The molecule has 270 valence electrons. The fourth-order valence-electron chi connectivity index (χ4n) is 9.13. The van der Waals surface area contributed by atoms with E-state index in [-0.39, 0.29) is 5.92 Å². The molecule has 1 unspecified atom stereocenters. The van der Waals surface area contributed by atoms with Gasteiger partial charge in [-0.25, -0.2) is 0 Å². The normalized spacial score (nSPS) is 12.3. The third kappa shape index (κ3) is 5.93. The van der Waals surface area contributed by atoms with Crippen LogP contribution in [0.4, 0.5) is 0 Å². The monoisotopic (exact) mass is 745 g/mol. The van der Waals surface area contributed by atoms with Gasteiger partial charge in [-0.2, -0.15) is 0 Å². The molecule has 0 N–H and O–H groups in total. The second-order valence-electron chi connectivity index (χ2n) is 15.2. The average Bonchev–Trinajstić information content (AvgIpc) is 3.83. The average molecular weight is 746 g/mol. The first-order valence-corrected chi connectivity index (χ1v) is 20.7. The highest BCUT2D eigenvalue weighted by molar-refractivity contribution is 7.26. The first-order valence-electron chi connectivity index (χ1n) is 19.9. The minimum atomic E-state index is 0.285. The molecular formula is C55H39NS. The maximum absolute atomic E-state index is 2.47. The standard InChI is InChI=1S/C55H39NS/c1-3-14-37(15-4-1)43-31-33-53-50(34-43)47-22-9-11-24-52(47)56(53)44-35-49(55-51(36-44)48-23-10-12-25-54(48)57-55)42-28-26-41(27-29-42)46(38-16-5-2-6-17-38)32-30-40-20-13-19-39-18-7-8-21-45(39)40/h1-29,31,33-36,46H,30,32H2. The Morgan fingerprint density at radius 1 is 0.421 bits per heavy atom. The predicted molar refractivity (Wildman–Crippen MR) is 245 cm³/mol. The number of hydrogen-bond donors (Lipinski definition) is 0. The van der Waals surface area contributed by atoms with Crippen molar-refractivity contribution in [2.45, 2.75) is 18.8 Å². The van der Waals surface area contributed by atoms with Crippen LogP contribution in [0.15, 0.2) is 206 Å². The number of aryl methyl sites for hydroxylation is 1. The summed E-state index contributed by atoms with van der Waals surface area (Å²) in [5, 5.41) is 7.81. The van der Waals surface area contributed by atoms with Crippen LogP contribution in [0.25, 0.3) is 80.7 Å². The molecule has 0 aliphatic heterocycles. The van der Waals surface area contributed by atoms with Crippen LogP contribution in [0, 0.1) is 0 Å². The van der Waals surface area contributed by atoms with E-state index in [2.05, 4.69) is 211 Å². The summed E-state index contributed by atoms with van der Waals surface area (Å²) in [6.07, 6.45) is 2.05. The van der Waals surface area contributed by atoms with Crippen LogP contribution in [0.3, 0.4) is 0 Å². The molecule has 0 aliphatic rings. The smallest absolute Gasteiger partial charge is 0.0541 e. The lowest BCUT2D eigenvalue weighted by atomic mass is 9.85. The summed E-state index contributed by atoms with van der Waals surface area (Å²) in [4.78, 5) is 0. The fourth-order valence-corrected chi connectivity index (χ4v) is 10.4. The highest BCUT2D eigenvalue weighted by Crippen LogP contribution is 2.44. The SMILES string of the molecule is c1ccc(-c2ccc3c(c2)c2ccccc2n3-c2cc(-c3ccc(C(CCc4cccc5ccccc45)c4ccccc4)cc3)c3sc4ccccc4c3c2)cc1. The first-order chi connectivity index (χ1) is 28.3. The first kappa shape index (κ1) is 33.6. The van der Waals surface area contributed by atoms with E-state index < -0.39 is 0 Å². The van der Waals surface area contributed by atoms with Crippen molar-refractivity contribution in [1.29, 1.82) is 0 Å². The molecule has 11 rings (SSSR count). The zero-order valence-electron chi connectivity index (χ0n) is 31.5. The van der Waals surface area contributed by atoms with Crippen LogP contribution in [-0.2, 0) is 6.42 Å². The number of aromatic nitrogens is 1. The van der Waals surface area contributed by atoms with Crippen molar-refractivity contribution < 1.29 is 0 Å². The Hall–Kier alpha value is -6.74. The Balaban J connectivity index is 1.04. The third-order valence-corrected chi connectivity index (χ3v) is 13.1. The molecule has 0 aliphatic carbocycles. The highest BCUT2D eigenvalue weighted by Gasteiger charge is 2.20. The van der Waals surface area contributed by atoms with Gasteiger partial charge in [-0.05, 0) is 93.4 Å². The second kappa shape index (κ2) is 14.1. The molecule has 0 bridgehead atoms. The van der Waals surface area contributed by atoms with E-state index in [1.54, 1.807) is 0 Å². The van der Waals surface area contributed by atoms with Crippen LogP contribution in [-0.4, -0.2) is 4.57 Å². The van der Waals surface area contributed by atoms with Crippen molar-refractivity contribution in [3.05, 3.63) is 223 Å². The number of fused-ring (bicyclic) bond motifs is 7. The van der Waals surface area contributed by atoms with Gasteiger partial charge in [-0.1, -0.05) is 170 Å². The summed E-state index contributed by atoms with van der Waals surface area (Å²) in [5.41, 5.74) is 12.7. The zero-order valence-corrected chi connectivity index (χ0v) is 32.3. The Labute approximate surface area is 336 Å². The van der Waals surface area contributed by atoms with E-state index in [9.17, 15) is 0 Å². The van der Waals surface area contributed by atoms with Crippen molar-refractivity contribution in [2.75, 3.05) is 0 Å². The summed E-state index contributed by atoms with van der Waals surface area (Å²) in [6.45, 7) is 0. The number of thiophene rings is 1. The molecule has 0 saturated carbocycles. The Bertz CT molecular complexity index is 3220. The van der Waals surface area contributed by atoms with Crippen LogP contribution < -0.4 is 0 Å². The summed E-state index contributed by atoms with van der Waals surface area (Å²) in [6, 6.07) is 76.3. The molecule has 0 amide bonds. The van der Waals surface area contributed by atoms with E-state index in [0.717, 1.165) is 12.8 Å². The fraction of sp³-hybridized carbons (Fsp3) is 0.0545. The van der Waals surface area contributed by atoms with Gasteiger partial charge in [0.05, 0.1) is 11.0 Å². The molecule has 11 aromatic rings. The molecule has 2 heteroatoms. The summed E-state index contributed by atoms with van der Waals surface area (Å²) < 4.78 is 5.12. The van der Waals surface area contributed by atoms with Crippen LogP contribution in [0.2, 0.25) is 0 Å². The Morgan fingerprint density at radius 3 is 1.91 bits per heavy atom. The van der Waals surface area contributed by atoms with Crippen LogP contribution in [0.5, 0.6) is 0 Å². The lowest BCUT2D eigenvalue weighted by Crippen LogP contribution is -2.03. The van der Waals surface area contributed by atoms with Gasteiger partial charge in [0, 0.05) is 48.1 Å². The minimum absolute atomic E-state index is 0.285. The van der Waals surface area contributed by atoms with E-state index in [1.165, 1.54) is 97.4 Å². The molecule has 1 atom stereocenters. The van der Waals surface area contributed by atoms with Gasteiger partial charge in [0.15, 0.2) is 0 Å². The summed E-state index contributed by atoms with van der Waals surface area (Å²) in [7, 11) is 0. The lowest BCUT2D eigenvalue weighted by Gasteiger charge is -2.20. The molecule has 57 heavy (non-hydrogen) atoms. The van der Waals surface area contributed by atoms with Crippen molar-refractivity contribution in [3.63, 3.8) is 0 Å². The van der Waals surface area contributed by atoms with Gasteiger partial charge in [0.25, 0.3) is 0 Å². The highest BCUT2D eigenvalue weighted by atomic mass is 32.1. The van der Waals surface area contributed by atoms with Crippen LogP contribution >= 0.6 is 11.3 Å². The maximum atomic E-state index is 2.47. The van der Waals surface area contributed by atoms with Crippen molar-refractivity contribution >= 4 is 64.1 Å². The molecule has 0 spiro atoms. The quantitative estimate of drug-likeness (QED) is 0.146. The molecule has 2 heterocycles. The molecule has 0 fully saturated rings.